The first-order chi connectivity index (χ1) is 8.08. The summed E-state index contributed by atoms with van der Waals surface area (Å²) in [6.45, 7) is 0. The van der Waals surface area contributed by atoms with Crippen molar-refractivity contribution in [3.63, 3.8) is 0 Å². The van der Waals surface area contributed by atoms with Gasteiger partial charge in [0, 0.05) is 0 Å². The Morgan fingerprint density at radius 1 is 1.35 bits per heavy atom. The number of methoxy groups -OCH3 is 2. The van der Waals surface area contributed by atoms with E-state index in [-0.39, 0.29) is 0 Å². The van der Waals surface area contributed by atoms with E-state index in [2.05, 4.69) is 10.1 Å². The summed E-state index contributed by atoms with van der Waals surface area (Å²) in [4.78, 5) is 22.1. The predicted molar refractivity (Wildman–Crippen MR) is 58.9 cm³/mol. The first-order valence-electron chi connectivity index (χ1n) is 4.79. The van der Waals surface area contributed by atoms with Crippen LogP contribution >= 0.6 is 0 Å². The fraction of sp³-hybridized carbons (Fsp3) is 0.273. The van der Waals surface area contributed by atoms with Crippen LogP contribution in [0.3, 0.4) is 0 Å². The van der Waals surface area contributed by atoms with Crippen molar-refractivity contribution in [2.75, 3.05) is 14.2 Å². The number of nitrogens with one attached hydrogen (secondary N) is 1. The number of carboxylic acids is 1. The van der Waals surface area contributed by atoms with Crippen molar-refractivity contribution < 1.29 is 24.2 Å². The lowest BCUT2D eigenvalue weighted by molar-refractivity contribution is -0.139. The lowest BCUT2D eigenvalue weighted by Crippen LogP contribution is -2.33. The Bertz CT molecular complexity index is 418. The van der Waals surface area contributed by atoms with Crippen molar-refractivity contribution >= 4 is 12.1 Å². The van der Waals surface area contributed by atoms with Gasteiger partial charge in [-0.2, -0.15) is 0 Å². The van der Waals surface area contributed by atoms with Gasteiger partial charge in [-0.15, -0.1) is 0 Å². The van der Waals surface area contributed by atoms with Crippen molar-refractivity contribution in [3.8, 4) is 5.75 Å². The first-order valence-corrected chi connectivity index (χ1v) is 4.79. The fourth-order valence-corrected chi connectivity index (χ4v) is 1.29. The predicted octanol–water partition coefficient (Wildman–Crippen LogP) is 1.18. The highest BCUT2D eigenvalue weighted by Crippen LogP contribution is 2.19. The molecule has 0 saturated heterocycles. The van der Waals surface area contributed by atoms with Gasteiger partial charge in [-0.25, -0.2) is 9.59 Å². The summed E-state index contributed by atoms with van der Waals surface area (Å²) in [5.74, 6) is -0.663. The second-order valence-corrected chi connectivity index (χ2v) is 3.18. The quantitative estimate of drug-likeness (QED) is 0.824. The lowest BCUT2D eigenvalue weighted by Gasteiger charge is -2.14. The zero-order valence-corrected chi connectivity index (χ0v) is 9.47. The van der Waals surface area contributed by atoms with Crippen LogP contribution in [0.1, 0.15) is 11.6 Å². The lowest BCUT2D eigenvalue weighted by atomic mass is 10.1. The van der Waals surface area contributed by atoms with E-state index in [0.717, 1.165) is 0 Å². The Labute approximate surface area is 98.2 Å². The fourth-order valence-electron chi connectivity index (χ4n) is 1.29. The van der Waals surface area contributed by atoms with Gasteiger partial charge in [-0.3, -0.25) is 0 Å². The molecule has 2 N–H and O–H groups in total. The summed E-state index contributed by atoms with van der Waals surface area (Å²) >= 11 is 0. The van der Waals surface area contributed by atoms with Crippen molar-refractivity contribution in [1.29, 1.82) is 0 Å². The number of aliphatic carboxylic acids is 1. The highest BCUT2D eigenvalue weighted by Gasteiger charge is 2.22. The number of ether oxygens (including phenoxy) is 2. The Balaban J connectivity index is 2.96. The molecule has 6 heteroatoms. The number of alkyl carbamates (subject to hydrolysis) is 1. The first kappa shape index (κ1) is 12.8. The average Bonchev–Trinajstić information content (AvgIpc) is 2.35. The second kappa shape index (κ2) is 5.74. The van der Waals surface area contributed by atoms with Crippen LogP contribution in [-0.2, 0) is 9.53 Å². The minimum absolute atomic E-state index is 0.405. The van der Waals surface area contributed by atoms with Gasteiger partial charge < -0.3 is 19.9 Å². The molecule has 0 spiro atoms. The molecule has 0 aromatic heterocycles. The third-order valence-electron chi connectivity index (χ3n) is 2.12. The molecule has 0 fully saturated rings. The highest BCUT2D eigenvalue weighted by molar-refractivity contribution is 5.81. The summed E-state index contributed by atoms with van der Waals surface area (Å²) in [5.41, 5.74) is 0.405. The van der Waals surface area contributed by atoms with E-state index in [1.807, 2.05) is 0 Å². The summed E-state index contributed by atoms with van der Waals surface area (Å²) in [7, 11) is 2.64. The molecule has 1 aromatic rings. The van der Waals surface area contributed by atoms with Crippen LogP contribution in [0.5, 0.6) is 5.75 Å². The van der Waals surface area contributed by atoms with E-state index >= 15 is 0 Å². The number of benzene rings is 1. The van der Waals surface area contributed by atoms with Gasteiger partial charge in [0.05, 0.1) is 14.2 Å². The van der Waals surface area contributed by atoms with E-state index in [0.29, 0.717) is 11.3 Å². The summed E-state index contributed by atoms with van der Waals surface area (Å²) < 4.78 is 9.34. The third kappa shape index (κ3) is 3.37. The SMILES string of the molecule is COC(=O)N[C@@H](C(=O)O)c1cccc(OC)c1. The zero-order valence-electron chi connectivity index (χ0n) is 9.47. The molecule has 0 aliphatic heterocycles. The molecule has 0 bridgehead atoms. The molecular formula is C11H13NO5. The largest absolute Gasteiger partial charge is 0.497 e. The molecule has 1 atom stereocenters. The van der Waals surface area contributed by atoms with Crippen molar-refractivity contribution in [2.45, 2.75) is 6.04 Å². The Hall–Kier alpha value is -2.24. The molecule has 0 saturated carbocycles. The molecule has 92 valence electrons. The molecule has 0 aliphatic rings. The number of carbonyl (C=O) groups excluding carboxylic acids is 1. The maximum Gasteiger partial charge on any atom is 0.407 e. The maximum atomic E-state index is 11.0. The molecule has 0 unspecified atom stereocenters. The normalized spacial score (nSPS) is 11.4. The van der Waals surface area contributed by atoms with Gasteiger partial charge in [-0.05, 0) is 17.7 Å². The summed E-state index contributed by atoms with van der Waals surface area (Å²) in [6, 6.07) is 5.27. The average molecular weight is 239 g/mol. The van der Waals surface area contributed by atoms with Crippen LogP contribution in [0.15, 0.2) is 24.3 Å². The number of hydrogen-bond acceptors (Lipinski definition) is 4. The zero-order chi connectivity index (χ0) is 12.8. The van der Waals surface area contributed by atoms with E-state index in [1.165, 1.54) is 20.3 Å². The second-order valence-electron chi connectivity index (χ2n) is 3.18. The van der Waals surface area contributed by atoms with Gasteiger partial charge >= 0.3 is 12.1 Å². The van der Waals surface area contributed by atoms with Gasteiger partial charge in [-0.1, -0.05) is 12.1 Å². The minimum Gasteiger partial charge on any atom is -0.497 e. The van der Waals surface area contributed by atoms with Crippen molar-refractivity contribution in [3.05, 3.63) is 29.8 Å². The Kier molecular flexibility index (Phi) is 4.33. The molecule has 0 aliphatic carbocycles. The third-order valence-corrected chi connectivity index (χ3v) is 2.12. The monoisotopic (exact) mass is 239 g/mol. The van der Waals surface area contributed by atoms with Crippen molar-refractivity contribution in [1.82, 2.24) is 5.32 Å². The van der Waals surface area contributed by atoms with E-state index in [4.69, 9.17) is 9.84 Å². The van der Waals surface area contributed by atoms with E-state index in [9.17, 15) is 9.59 Å². The molecule has 0 radical (unpaired) electrons. The molecule has 17 heavy (non-hydrogen) atoms. The molecular weight excluding hydrogens is 226 g/mol. The molecule has 6 nitrogen and oxygen atoms in total. The molecule has 1 rings (SSSR count). The van der Waals surface area contributed by atoms with Crippen LogP contribution in [0.25, 0.3) is 0 Å². The van der Waals surface area contributed by atoms with Gasteiger partial charge in [0.1, 0.15) is 5.75 Å². The van der Waals surface area contributed by atoms with Crippen LogP contribution in [0.4, 0.5) is 4.79 Å². The Morgan fingerprint density at radius 3 is 2.59 bits per heavy atom. The van der Waals surface area contributed by atoms with Crippen LogP contribution in [0, 0.1) is 0 Å². The minimum atomic E-state index is -1.18. The van der Waals surface area contributed by atoms with Crippen LogP contribution < -0.4 is 10.1 Å². The smallest absolute Gasteiger partial charge is 0.407 e. The topological polar surface area (TPSA) is 84.9 Å². The van der Waals surface area contributed by atoms with Crippen molar-refractivity contribution in [2.24, 2.45) is 0 Å². The van der Waals surface area contributed by atoms with Gasteiger partial charge in [0.25, 0.3) is 0 Å². The van der Waals surface area contributed by atoms with Crippen LogP contribution in [0.2, 0.25) is 0 Å². The molecule has 0 heterocycles. The number of carbonyl (C=O) groups is 2. The Morgan fingerprint density at radius 2 is 2.06 bits per heavy atom. The van der Waals surface area contributed by atoms with E-state index < -0.39 is 18.1 Å². The maximum absolute atomic E-state index is 11.0. The number of rotatable bonds is 4. The number of carboxylic acid groups (broad SMARTS) is 1. The molecule has 1 aromatic carbocycles. The summed E-state index contributed by atoms with van der Waals surface area (Å²) in [6.07, 6.45) is -0.805. The summed E-state index contributed by atoms with van der Waals surface area (Å²) in [5, 5.41) is 11.2. The van der Waals surface area contributed by atoms with Gasteiger partial charge in [0.2, 0.25) is 0 Å². The van der Waals surface area contributed by atoms with Gasteiger partial charge in [0.15, 0.2) is 6.04 Å². The highest BCUT2D eigenvalue weighted by atomic mass is 16.5. The number of hydrogen-bond donors (Lipinski definition) is 2. The van der Waals surface area contributed by atoms with E-state index in [1.54, 1.807) is 18.2 Å². The molecule has 1 amide bonds. The van der Waals surface area contributed by atoms with Crippen LogP contribution in [-0.4, -0.2) is 31.4 Å². The number of amides is 1. The standard InChI is InChI=1S/C11H13NO5/c1-16-8-5-3-4-7(6-8)9(10(13)14)12-11(15)17-2/h3-6,9H,1-2H3,(H,12,15)(H,13,14)/t9-/m1/s1.